The number of benzene rings is 1. The van der Waals surface area contributed by atoms with Crippen LogP contribution in [0.4, 0.5) is 5.82 Å². The Morgan fingerprint density at radius 1 is 1.00 bits per heavy atom. The van der Waals surface area contributed by atoms with E-state index in [0.29, 0.717) is 0 Å². The van der Waals surface area contributed by atoms with Gasteiger partial charge in [0, 0.05) is 12.7 Å². The van der Waals surface area contributed by atoms with E-state index < -0.39 is 0 Å². The van der Waals surface area contributed by atoms with Crippen molar-refractivity contribution in [3.63, 3.8) is 0 Å². The highest BCUT2D eigenvalue weighted by Gasteiger charge is 2.33. The maximum atomic E-state index is 4.78. The molecular weight excluding hydrogens is 258 g/mol. The molecule has 0 fully saturated rings. The molecule has 0 radical (unpaired) electrons. The van der Waals surface area contributed by atoms with E-state index in [4.69, 9.17) is 4.98 Å². The van der Waals surface area contributed by atoms with Crippen LogP contribution in [0.15, 0.2) is 42.6 Å². The van der Waals surface area contributed by atoms with Gasteiger partial charge in [0.25, 0.3) is 0 Å². The molecule has 3 nitrogen and oxygen atoms in total. The van der Waals surface area contributed by atoms with Gasteiger partial charge in [-0.3, -0.25) is 0 Å². The molecule has 1 aromatic heterocycles. The first-order chi connectivity index (χ1) is 10.3. The fraction of sp³-hybridized carbons (Fsp3) is 0.444. The highest BCUT2D eigenvalue weighted by atomic mass is 15.0. The second-order valence-corrected chi connectivity index (χ2v) is 5.35. The minimum absolute atomic E-state index is 0.106. The van der Waals surface area contributed by atoms with Crippen molar-refractivity contribution in [3.8, 4) is 0 Å². The van der Waals surface area contributed by atoms with Crippen LogP contribution >= 0.6 is 0 Å². The van der Waals surface area contributed by atoms with E-state index in [0.717, 1.165) is 37.4 Å². The Morgan fingerprint density at radius 3 is 2.33 bits per heavy atom. The molecule has 0 amide bonds. The molecule has 0 aliphatic heterocycles. The molecule has 0 aliphatic rings. The third-order valence-electron chi connectivity index (χ3n) is 4.17. The second-order valence-electron chi connectivity index (χ2n) is 5.35. The van der Waals surface area contributed by atoms with Crippen molar-refractivity contribution >= 4 is 5.82 Å². The lowest BCUT2D eigenvalue weighted by Crippen LogP contribution is -2.29. The summed E-state index contributed by atoms with van der Waals surface area (Å²) >= 11 is 0. The smallest absolute Gasteiger partial charge is 0.141 e. The summed E-state index contributed by atoms with van der Waals surface area (Å²) in [5.74, 6) is 1.84. The molecule has 1 N–H and O–H groups in total. The zero-order valence-corrected chi connectivity index (χ0v) is 13.3. The van der Waals surface area contributed by atoms with Gasteiger partial charge in [-0.15, -0.1) is 0 Å². The average Bonchev–Trinajstić information content (AvgIpc) is 2.56. The van der Waals surface area contributed by atoms with E-state index >= 15 is 0 Å². The molecule has 3 heteroatoms. The van der Waals surface area contributed by atoms with Gasteiger partial charge in [0.1, 0.15) is 11.6 Å². The molecule has 0 atom stereocenters. The maximum Gasteiger partial charge on any atom is 0.141 e. The van der Waals surface area contributed by atoms with Crippen LogP contribution in [-0.4, -0.2) is 16.5 Å². The molecule has 112 valence electrons. The first kappa shape index (κ1) is 15.5. The van der Waals surface area contributed by atoms with Crippen LogP contribution in [0.2, 0.25) is 0 Å². The summed E-state index contributed by atoms with van der Waals surface area (Å²) in [4.78, 5) is 9.37. The lowest BCUT2D eigenvalue weighted by molar-refractivity contribution is 0.449. The number of hydrogen-bond acceptors (Lipinski definition) is 3. The monoisotopic (exact) mass is 283 g/mol. The molecule has 2 aromatic rings. The van der Waals surface area contributed by atoms with Crippen LogP contribution in [0, 0.1) is 0 Å². The fourth-order valence-corrected chi connectivity index (χ4v) is 2.80. The number of anilines is 1. The van der Waals surface area contributed by atoms with Gasteiger partial charge < -0.3 is 5.32 Å². The molecular formula is C18H25N3. The Morgan fingerprint density at radius 2 is 1.71 bits per heavy atom. The van der Waals surface area contributed by atoms with E-state index in [1.807, 2.05) is 12.3 Å². The largest absolute Gasteiger partial charge is 0.370 e. The first-order valence-corrected chi connectivity index (χ1v) is 7.89. The van der Waals surface area contributed by atoms with Gasteiger partial charge in [-0.2, -0.15) is 0 Å². The molecule has 1 aromatic carbocycles. The summed E-state index contributed by atoms with van der Waals surface area (Å²) in [5.41, 5.74) is 1.19. The van der Waals surface area contributed by atoms with Gasteiger partial charge in [0.15, 0.2) is 0 Å². The van der Waals surface area contributed by atoms with Gasteiger partial charge in [0.2, 0.25) is 0 Å². The van der Waals surface area contributed by atoms with Crippen molar-refractivity contribution in [1.82, 2.24) is 9.97 Å². The zero-order valence-electron chi connectivity index (χ0n) is 13.3. The quantitative estimate of drug-likeness (QED) is 0.818. The minimum Gasteiger partial charge on any atom is -0.370 e. The van der Waals surface area contributed by atoms with E-state index in [1.54, 1.807) is 0 Å². The van der Waals surface area contributed by atoms with E-state index in [1.165, 1.54) is 5.56 Å². The van der Waals surface area contributed by atoms with Crippen molar-refractivity contribution in [2.24, 2.45) is 0 Å². The predicted octanol–water partition coefficient (Wildman–Crippen LogP) is 4.40. The van der Waals surface area contributed by atoms with Gasteiger partial charge in [-0.25, -0.2) is 9.97 Å². The molecule has 0 bridgehead atoms. The van der Waals surface area contributed by atoms with Crippen molar-refractivity contribution in [2.75, 3.05) is 11.9 Å². The SMILES string of the molecule is CCCNc1ccnc(C(CC)(CC)c2ccccc2)n1. The highest BCUT2D eigenvalue weighted by Crippen LogP contribution is 2.36. The summed E-state index contributed by atoms with van der Waals surface area (Å²) in [6, 6.07) is 12.5. The zero-order chi connectivity index (χ0) is 15.1. The summed E-state index contributed by atoms with van der Waals surface area (Å²) in [6.07, 6.45) is 4.93. The molecule has 1 heterocycles. The highest BCUT2D eigenvalue weighted by molar-refractivity contribution is 5.38. The Labute approximate surface area is 127 Å². The van der Waals surface area contributed by atoms with Gasteiger partial charge in [0.05, 0.1) is 5.41 Å². The number of rotatable bonds is 7. The molecule has 0 spiro atoms. The second kappa shape index (κ2) is 7.21. The van der Waals surface area contributed by atoms with Crippen LogP contribution in [0.5, 0.6) is 0 Å². The van der Waals surface area contributed by atoms with Gasteiger partial charge >= 0.3 is 0 Å². The standard InChI is InChI=1S/C18H25N3/c1-4-13-19-16-12-14-20-17(21-16)18(5-2,6-3)15-10-8-7-9-11-15/h7-12,14H,4-6,13H2,1-3H3,(H,19,20,21). The first-order valence-electron chi connectivity index (χ1n) is 7.89. The van der Waals surface area contributed by atoms with Crippen LogP contribution in [0.25, 0.3) is 0 Å². The van der Waals surface area contributed by atoms with Crippen LogP contribution < -0.4 is 5.32 Å². The van der Waals surface area contributed by atoms with Crippen LogP contribution in [0.3, 0.4) is 0 Å². The van der Waals surface area contributed by atoms with Crippen molar-refractivity contribution in [1.29, 1.82) is 0 Å². The predicted molar refractivity (Wildman–Crippen MR) is 88.6 cm³/mol. The number of hydrogen-bond donors (Lipinski definition) is 1. The van der Waals surface area contributed by atoms with Crippen molar-refractivity contribution < 1.29 is 0 Å². The Kier molecular flexibility index (Phi) is 5.32. The molecule has 0 saturated carbocycles. The topological polar surface area (TPSA) is 37.8 Å². The average molecular weight is 283 g/mol. The van der Waals surface area contributed by atoms with Crippen LogP contribution in [0.1, 0.15) is 51.4 Å². The summed E-state index contributed by atoms with van der Waals surface area (Å²) in [7, 11) is 0. The third kappa shape index (κ3) is 3.23. The maximum absolute atomic E-state index is 4.78. The summed E-state index contributed by atoms with van der Waals surface area (Å²) in [6.45, 7) is 7.52. The van der Waals surface area contributed by atoms with Gasteiger partial charge in [-0.05, 0) is 30.9 Å². The Bertz CT molecular complexity index is 547. The molecule has 0 saturated heterocycles. The number of aromatic nitrogens is 2. The van der Waals surface area contributed by atoms with Gasteiger partial charge in [-0.1, -0.05) is 51.1 Å². The van der Waals surface area contributed by atoms with E-state index in [-0.39, 0.29) is 5.41 Å². The molecule has 21 heavy (non-hydrogen) atoms. The Hall–Kier alpha value is -1.90. The summed E-state index contributed by atoms with van der Waals surface area (Å²) in [5, 5.41) is 3.36. The minimum atomic E-state index is -0.106. The Balaban J connectivity index is 2.43. The van der Waals surface area contributed by atoms with Crippen LogP contribution in [-0.2, 0) is 5.41 Å². The summed E-state index contributed by atoms with van der Waals surface area (Å²) < 4.78 is 0. The van der Waals surface area contributed by atoms with Crippen molar-refractivity contribution in [3.05, 3.63) is 54.0 Å². The van der Waals surface area contributed by atoms with E-state index in [2.05, 4.69) is 61.4 Å². The molecule has 0 aliphatic carbocycles. The van der Waals surface area contributed by atoms with Crippen molar-refractivity contribution in [2.45, 2.75) is 45.4 Å². The molecule has 0 unspecified atom stereocenters. The fourth-order valence-electron chi connectivity index (χ4n) is 2.80. The normalized spacial score (nSPS) is 11.4. The van der Waals surface area contributed by atoms with E-state index in [9.17, 15) is 0 Å². The lowest BCUT2D eigenvalue weighted by Gasteiger charge is -2.31. The number of nitrogens with one attached hydrogen (secondary N) is 1. The lowest BCUT2D eigenvalue weighted by atomic mass is 9.75. The third-order valence-corrected chi connectivity index (χ3v) is 4.17. The molecule has 2 rings (SSSR count). The number of nitrogens with zero attached hydrogens (tertiary/aromatic N) is 2.